The number of fused-ring (bicyclic) bond motifs is 2. The van der Waals surface area contributed by atoms with E-state index in [4.69, 9.17) is 33.2 Å². The largest absolute Gasteiger partial charge is 0.489 e. The molecule has 5 N–H and O–H groups in total. The molecule has 0 spiro atoms. The van der Waals surface area contributed by atoms with Gasteiger partial charge in [0.25, 0.3) is 0 Å². The third-order valence-electron chi connectivity index (χ3n) is 12.4. The molecule has 4 heterocycles. The molecule has 17 atom stereocenters. The second-order valence-electron chi connectivity index (χ2n) is 16.6. The zero-order valence-electron chi connectivity index (χ0n) is 33.3. The quantitative estimate of drug-likeness (QED) is 0.217. The molecule has 0 unspecified atom stereocenters. The van der Waals surface area contributed by atoms with E-state index in [2.05, 4.69) is 4.90 Å². The number of hydrogen-bond acceptors (Lipinski definition) is 14. The Morgan fingerprint density at radius 3 is 2.23 bits per heavy atom. The Labute approximate surface area is 309 Å². The summed E-state index contributed by atoms with van der Waals surface area (Å²) in [5.74, 6) is -2.68. The van der Waals surface area contributed by atoms with Gasteiger partial charge in [0.1, 0.15) is 41.4 Å². The van der Waals surface area contributed by atoms with Gasteiger partial charge < -0.3 is 63.6 Å². The molecule has 0 saturated carbocycles. The fraction of sp³-hybridized carbons (Fsp3) is 0.921. The van der Waals surface area contributed by atoms with Crippen LogP contribution in [0.5, 0.6) is 0 Å². The van der Waals surface area contributed by atoms with E-state index >= 15 is 0 Å². The van der Waals surface area contributed by atoms with Gasteiger partial charge in [0.15, 0.2) is 12.6 Å². The maximum atomic E-state index is 14.2. The van der Waals surface area contributed by atoms with E-state index in [9.17, 15) is 30.3 Å². The van der Waals surface area contributed by atoms with E-state index in [1.54, 1.807) is 27.7 Å². The molecule has 0 aromatic carbocycles. The van der Waals surface area contributed by atoms with Crippen molar-refractivity contribution < 1.29 is 63.5 Å². The predicted molar refractivity (Wildman–Crippen MR) is 190 cm³/mol. The Hall–Kier alpha value is -1.43. The van der Waals surface area contributed by atoms with Crippen molar-refractivity contribution in [3.63, 3.8) is 0 Å². The molecule has 3 saturated heterocycles. The summed E-state index contributed by atoms with van der Waals surface area (Å²) in [6.45, 7) is 18.2. The zero-order chi connectivity index (χ0) is 39.1. The number of rotatable bonds is 9. The van der Waals surface area contributed by atoms with Crippen LogP contribution in [-0.2, 0) is 38.0 Å². The van der Waals surface area contributed by atoms with Crippen LogP contribution < -0.4 is 0 Å². The zero-order valence-corrected chi connectivity index (χ0v) is 33.3. The minimum atomic E-state index is -1.98. The van der Waals surface area contributed by atoms with Gasteiger partial charge in [-0.2, -0.15) is 0 Å². The monoisotopic (exact) mass is 745 g/mol. The average Bonchev–Trinajstić information content (AvgIpc) is 3.41. The number of cyclic esters (lactones) is 1. The van der Waals surface area contributed by atoms with Gasteiger partial charge >= 0.3 is 5.97 Å². The summed E-state index contributed by atoms with van der Waals surface area (Å²) >= 11 is 0. The third-order valence-corrected chi connectivity index (χ3v) is 12.4. The number of ether oxygens (including phenoxy) is 7. The van der Waals surface area contributed by atoms with Gasteiger partial charge in [0, 0.05) is 50.9 Å². The lowest BCUT2D eigenvalue weighted by atomic mass is 9.78. The van der Waals surface area contributed by atoms with Crippen molar-refractivity contribution in [2.24, 2.45) is 17.8 Å². The van der Waals surface area contributed by atoms with Crippen LogP contribution in [0.3, 0.4) is 0 Å². The minimum absolute atomic E-state index is 0.131. The van der Waals surface area contributed by atoms with Gasteiger partial charge in [-0.25, -0.2) is 0 Å². The van der Waals surface area contributed by atoms with E-state index in [1.165, 1.54) is 14.0 Å². The first-order valence-corrected chi connectivity index (χ1v) is 19.0. The summed E-state index contributed by atoms with van der Waals surface area (Å²) in [5, 5.41) is 56.0. The highest BCUT2D eigenvalue weighted by Crippen LogP contribution is 2.47. The third kappa shape index (κ3) is 8.52. The maximum Gasteiger partial charge on any atom is 0.311 e. The van der Waals surface area contributed by atoms with Gasteiger partial charge in [0.05, 0.1) is 35.9 Å². The standard InChI is InChI=1S/C38H67NO13/c1-13-39(11)25-16-20(3)47-35(28(25)41)51-33-22(5)30(50-27-18-36(8,46-12)32(43)24(7)48-27)23(6)34(44)49-26(14-15-40)38(10,45)31(42)21(4)29-19(2)17-37(33,9)52-29/h20-28,30-33,35,40-43,45H,13-18H2,1-12H3/t20-,21+,22+,23-,24+,25+,26-,27+,28-,30+,31-,32+,33-,35+,36-,37-,38-/m1/s1. The molecule has 0 aromatic rings. The van der Waals surface area contributed by atoms with Crippen LogP contribution in [0.15, 0.2) is 11.3 Å². The number of esters is 1. The first-order chi connectivity index (χ1) is 24.1. The van der Waals surface area contributed by atoms with Gasteiger partial charge in [-0.05, 0) is 74.1 Å². The second kappa shape index (κ2) is 16.7. The normalized spacial score (nSPS) is 48.1. The fourth-order valence-electron chi connectivity index (χ4n) is 8.86. The number of methoxy groups -OCH3 is 1. The van der Waals surface area contributed by atoms with E-state index in [0.717, 1.165) is 5.57 Å². The lowest BCUT2D eigenvalue weighted by molar-refractivity contribution is -0.317. The highest BCUT2D eigenvalue weighted by molar-refractivity contribution is 5.73. The van der Waals surface area contributed by atoms with Gasteiger partial charge in [-0.3, -0.25) is 4.79 Å². The van der Waals surface area contributed by atoms with Crippen LogP contribution >= 0.6 is 0 Å². The molecule has 4 aliphatic heterocycles. The number of nitrogens with zero attached hydrogens (tertiary/aromatic N) is 1. The van der Waals surface area contributed by atoms with Crippen LogP contribution in [0.25, 0.3) is 0 Å². The van der Waals surface area contributed by atoms with Crippen molar-refractivity contribution in [2.75, 3.05) is 27.3 Å². The lowest BCUT2D eigenvalue weighted by Crippen LogP contribution is -2.60. The van der Waals surface area contributed by atoms with E-state index in [1.807, 2.05) is 41.7 Å². The highest BCUT2D eigenvalue weighted by atomic mass is 16.7. The SMILES string of the molecule is CCN(C)[C@H]1C[C@@H](C)O[C@@H](O[C@@H]2[C@@H](C)[C@H](O[C@H]3C[C@@](C)(OC)[C@@H](O)[C@H](C)O3)[C@@H](C)C(=O)O[C@H](CCO)[C@@](C)(O)[C@H](O)[C@@H](C)C3=C(C)C[C@@]2(C)O3)[C@@H]1O. The average molecular weight is 746 g/mol. The van der Waals surface area contributed by atoms with Crippen molar-refractivity contribution in [3.05, 3.63) is 11.3 Å². The van der Waals surface area contributed by atoms with Crippen molar-refractivity contribution in [2.45, 2.75) is 179 Å². The topological polar surface area (TPSA) is 186 Å². The molecule has 4 rings (SSSR count). The Morgan fingerprint density at radius 1 is 0.981 bits per heavy atom. The van der Waals surface area contributed by atoms with Crippen LogP contribution in [-0.4, -0.2) is 148 Å². The summed E-state index contributed by atoms with van der Waals surface area (Å²) in [5.41, 5.74) is -3.27. The number of likely N-dealkylation sites (N-methyl/N-ethyl adjacent to an activating group) is 1. The summed E-state index contributed by atoms with van der Waals surface area (Å²) in [7, 11) is 3.46. The molecular formula is C38H67NO13. The smallest absolute Gasteiger partial charge is 0.311 e. The van der Waals surface area contributed by atoms with Gasteiger partial charge in [-0.15, -0.1) is 0 Å². The van der Waals surface area contributed by atoms with Crippen LogP contribution in [0.1, 0.15) is 94.9 Å². The number of carbonyl (C=O) groups excluding carboxylic acids is 1. The fourth-order valence-corrected chi connectivity index (χ4v) is 8.86. The van der Waals surface area contributed by atoms with Crippen molar-refractivity contribution in [1.29, 1.82) is 0 Å². The molecule has 52 heavy (non-hydrogen) atoms. The summed E-state index contributed by atoms with van der Waals surface area (Å²) < 4.78 is 44.6. The highest BCUT2D eigenvalue weighted by Gasteiger charge is 2.56. The van der Waals surface area contributed by atoms with Crippen LogP contribution in [0.4, 0.5) is 0 Å². The molecule has 3 fully saturated rings. The Bertz CT molecular complexity index is 1250. The van der Waals surface area contributed by atoms with E-state index in [-0.39, 0.29) is 25.0 Å². The first kappa shape index (κ1) is 43.3. The van der Waals surface area contributed by atoms with Gasteiger partial charge in [0.2, 0.25) is 0 Å². The molecular weight excluding hydrogens is 678 g/mol. The molecule has 4 aliphatic rings. The van der Waals surface area contributed by atoms with Crippen LogP contribution in [0, 0.1) is 17.8 Å². The van der Waals surface area contributed by atoms with E-state index in [0.29, 0.717) is 25.1 Å². The Kier molecular flexibility index (Phi) is 13.9. The first-order valence-electron chi connectivity index (χ1n) is 19.0. The van der Waals surface area contributed by atoms with Crippen molar-refractivity contribution in [3.8, 4) is 0 Å². The molecule has 2 bridgehead atoms. The lowest BCUT2D eigenvalue weighted by Gasteiger charge is -2.48. The molecule has 0 aromatic heterocycles. The molecule has 302 valence electrons. The second-order valence-corrected chi connectivity index (χ2v) is 16.6. The Balaban J connectivity index is 1.85. The molecule has 14 nitrogen and oxygen atoms in total. The number of aliphatic hydroxyl groups excluding tert-OH is 4. The summed E-state index contributed by atoms with van der Waals surface area (Å²) in [6, 6.07) is -0.242. The number of aliphatic hydroxyl groups is 5. The number of carbonyl (C=O) groups is 1. The Morgan fingerprint density at radius 2 is 1.63 bits per heavy atom. The van der Waals surface area contributed by atoms with Crippen LogP contribution in [0.2, 0.25) is 0 Å². The molecule has 14 heteroatoms. The molecule has 0 radical (unpaired) electrons. The summed E-state index contributed by atoms with van der Waals surface area (Å²) in [4.78, 5) is 16.2. The maximum absolute atomic E-state index is 14.2. The number of hydrogen-bond donors (Lipinski definition) is 5. The van der Waals surface area contributed by atoms with Crippen molar-refractivity contribution >= 4 is 5.97 Å². The molecule has 0 aliphatic carbocycles. The van der Waals surface area contributed by atoms with E-state index < -0.39 is 102 Å². The van der Waals surface area contributed by atoms with Gasteiger partial charge in [-0.1, -0.05) is 20.8 Å². The molecule has 0 amide bonds. The minimum Gasteiger partial charge on any atom is -0.489 e. The summed E-state index contributed by atoms with van der Waals surface area (Å²) in [6.07, 6.45) is -8.45. The van der Waals surface area contributed by atoms with Crippen molar-refractivity contribution in [1.82, 2.24) is 4.90 Å². The predicted octanol–water partition coefficient (Wildman–Crippen LogP) is 2.25.